The topological polar surface area (TPSA) is 52.0 Å². The quantitative estimate of drug-likeness (QED) is 0.866. The molecule has 4 heteroatoms. The number of nitrogens with zero attached hydrogens (tertiary/aromatic N) is 1. The van der Waals surface area contributed by atoms with Crippen LogP contribution in [0.5, 0.6) is 0 Å². The van der Waals surface area contributed by atoms with E-state index in [0.717, 1.165) is 11.1 Å². The average molecular weight is 234 g/mol. The van der Waals surface area contributed by atoms with E-state index >= 15 is 0 Å². The summed E-state index contributed by atoms with van der Waals surface area (Å²) in [7, 11) is 0. The number of rotatable bonds is 2. The van der Waals surface area contributed by atoms with E-state index in [1.165, 1.54) is 13.8 Å². The minimum atomic E-state index is -1.38. The van der Waals surface area contributed by atoms with Crippen molar-refractivity contribution in [3.63, 3.8) is 0 Å². The molecule has 2 rings (SSSR count). The van der Waals surface area contributed by atoms with Crippen LogP contribution in [0, 0.1) is 6.92 Å². The zero-order valence-corrected chi connectivity index (χ0v) is 10.1. The van der Waals surface area contributed by atoms with Crippen LogP contribution >= 0.6 is 0 Å². The molecule has 0 radical (unpaired) electrons. The normalized spacial score (nSPS) is 11.8. The highest BCUT2D eigenvalue weighted by Gasteiger charge is 2.20. The molecule has 90 valence electrons. The minimum absolute atomic E-state index is 0.254. The van der Waals surface area contributed by atoms with Crippen LogP contribution in [-0.4, -0.2) is 5.16 Å². The van der Waals surface area contributed by atoms with Gasteiger partial charge in [0, 0.05) is 11.6 Å². The number of halogens is 1. The van der Waals surface area contributed by atoms with E-state index in [2.05, 4.69) is 5.16 Å². The molecule has 0 saturated carbocycles. The Balaban J connectivity index is 2.54. The molecule has 1 aromatic heterocycles. The van der Waals surface area contributed by atoms with Gasteiger partial charge >= 0.3 is 0 Å². The Morgan fingerprint density at radius 2 is 2.00 bits per heavy atom. The van der Waals surface area contributed by atoms with Crippen LogP contribution in [-0.2, 0) is 5.67 Å². The van der Waals surface area contributed by atoms with Crippen molar-refractivity contribution in [3.8, 4) is 11.3 Å². The zero-order chi connectivity index (χ0) is 12.6. The lowest BCUT2D eigenvalue weighted by atomic mass is 9.94. The third-order valence-electron chi connectivity index (χ3n) is 2.73. The van der Waals surface area contributed by atoms with Crippen molar-refractivity contribution in [2.24, 2.45) is 0 Å². The summed E-state index contributed by atoms with van der Waals surface area (Å²) in [6.45, 7) is 4.99. The lowest BCUT2D eigenvalue weighted by Gasteiger charge is -2.16. The van der Waals surface area contributed by atoms with Gasteiger partial charge in [-0.2, -0.15) is 0 Å². The summed E-state index contributed by atoms with van der Waals surface area (Å²) in [6, 6.07) is 7.07. The summed E-state index contributed by atoms with van der Waals surface area (Å²) in [4.78, 5) is 0. The maximum atomic E-state index is 13.9. The summed E-state index contributed by atoms with van der Waals surface area (Å²) in [6.07, 6.45) is 0. The first kappa shape index (κ1) is 11.6. The molecule has 2 aromatic rings. The molecule has 0 saturated heterocycles. The molecule has 0 amide bonds. The van der Waals surface area contributed by atoms with Crippen molar-refractivity contribution in [2.75, 3.05) is 5.73 Å². The van der Waals surface area contributed by atoms with Crippen LogP contribution in [0.1, 0.15) is 25.0 Å². The lowest BCUT2D eigenvalue weighted by Crippen LogP contribution is -2.09. The van der Waals surface area contributed by atoms with Crippen LogP contribution in [0.4, 0.5) is 10.3 Å². The molecule has 17 heavy (non-hydrogen) atoms. The Morgan fingerprint density at radius 3 is 2.53 bits per heavy atom. The van der Waals surface area contributed by atoms with Crippen molar-refractivity contribution in [1.29, 1.82) is 0 Å². The SMILES string of the molecule is Cc1ccc(C(C)(C)F)cc1-c1cc(N)on1. The Hall–Kier alpha value is -1.84. The molecule has 3 nitrogen and oxygen atoms in total. The van der Waals surface area contributed by atoms with Crippen LogP contribution in [0.3, 0.4) is 0 Å². The van der Waals surface area contributed by atoms with Crippen molar-refractivity contribution < 1.29 is 8.91 Å². The number of hydrogen-bond acceptors (Lipinski definition) is 3. The van der Waals surface area contributed by atoms with Gasteiger partial charge in [0.1, 0.15) is 11.4 Å². The summed E-state index contributed by atoms with van der Waals surface area (Å²) in [5, 5.41) is 3.85. The van der Waals surface area contributed by atoms with Crippen molar-refractivity contribution >= 4 is 5.88 Å². The molecule has 1 heterocycles. The number of nitrogen functional groups attached to an aromatic ring is 1. The Morgan fingerprint density at radius 1 is 1.29 bits per heavy atom. The van der Waals surface area contributed by atoms with Gasteiger partial charge in [0.15, 0.2) is 0 Å². The minimum Gasteiger partial charge on any atom is -0.368 e. The average Bonchev–Trinajstić information content (AvgIpc) is 2.63. The van der Waals surface area contributed by atoms with Crippen molar-refractivity contribution in [3.05, 3.63) is 35.4 Å². The second-order valence-electron chi connectivity index (χ2n) is 4.62. The predicted octanol–water partition coefficient (Wildman–Crippen LogP) is 3.44. The van der Waals surface area contributed by atoms with E-state index in [-0.39, 0.29) is 5.88 Å². The standard InChI is InChI=1S/C13H15FN2O/c1-8-4-5-9(13(2,3)14)6-10(8)11-7-12(15)17-16-11/h4-7H,15H2,1-3H3. The number of hydrogen-bond donors (Lipinski definition) is 1. The van der Waals surface area contributed by atoms with Gasteiger partial charge in [-0.25, -0.2) is 4.39 Å². The molecule has 0 aliphatic rings. The first-order valence-corrected chi connectivity index (χ1v) is 5.40. The van der Waals surface area contributed by atoms with E-state index in [9.17, 15) is 4.39 Å². The van der Waals surface area contributed by atoms with Gasteiger partial charge in [0.05, 0.1) is 0 Å². The van der Waals surface area contributed by atoms with Crippen LogP contribution in [0.2, 0.25) is 0 Å². The predicted molar refractivity (Wildman–Crippen MR) is 65.2 cm³/mol. The Kier molecular flexibility index (Phi) is 2.65. The van der Waals surface area contributed by atoms with E-state index < -0.39 is 5.67 Å². The fraction of sp³-hybridized carbons (Fsp3) is 0.308. The van der Waals surface area contributed by atoms with Gasteiger partial charge in [0.25, 0.3) is 0 Å². The third kappa shape index (κ3) is 2.30. The molecule has 0 spiro atoms. The van der Waals surface area contributed by atoms with Gasteiger partial charge in [-0.15, -0.1) is 0 Å². The highest BCUT2D eigenvalue weighted by atomic mass is 19.1. The molecule has 0 aliphatic heterocycles. The fourth-order valence-corrected chi connectivity index (χ4v) is 1.68. The second-order valence-corrected chi connectivity index (χ2v) is 4.62. The number of benzene rings is 1. The first-order chi connectivity index (χ1) is 7.88. The maximum absolute atomic E-state index is 13.9. The van der Waals surface area contributed by atoms with Gasteiger partial charge < -0.3 is 10.3 Å². The lowest BCUT2D eigenvalue weighted by molar-refractivity contribution is 0.221. The Bertz CT molecular complexity index is 541. The number of aryl methyl sites for hydroxylation is 1. The third-order valence-corrected chi connectivity index (χ3v) is 2.73. The van der Waals surface area contributed by atoms with Gasteiger partial charge in [0.2, 0.25) is 5.88 Å². The molecular formula is C13H15FN2O. The van der Waals surface area contributed by atoms with E-state index in [0.29, 0.717) is 11.3 Å². The molecule has 0 aliphatic carbocycles. The number of anilines is 1. The molecule has 1 aromatic carbocycles. The molecule has 0 atom stereocenters. The summed E-state index contributed by atoms with van der Waals surface area (Å²) in [5.41, 5.74) is 7.20. The monoisotopic (exact) mass is 234 g/mol. The largest absolute Gasteiger partial charge is 0.368 e. The van der Waals surface area contributed by atoms with Crippen LogP contribution < -0.4 is 5.73 Å². The van der Waals surface area contributed by atoms with E-state index in [1.54, 1.807) is 18.2 Å². The van der Waals surface area contributed by atoms with Gasteiger partial charge in [-0.1, -0.05) is 17.3 Å². The summed E-state index contributed by atoms with van der Waals surface area (Å²) >= 11 is 0. The highest BCUT2D eigenvalue weighted by Crippen LogP contribution is 2.31. The molecule has 0 bridgehead atoms. The molecule has 2 N–H and O–H groups in total. The van der Waals surface area contributed by atoms with Gasteiger partial charge in [-0.3, -0.25) is 0 Å². The van der Waals surface area contributed by atoms with Crippen molar-refractivity contribution in [1.82, 2.24) is 5.16 Å². The molecule has 0 fully saturated rings. The van der Waals surface area contributed by atoms with E-state index in [1.807, 2.05) is 13.0 Å². The number of alkyl halides is 1. The Labute approximate surface area is 99.4 Å². The number of nitrogens with two attached hydrogens (primary N) is 1. The van der Waals surface area contributed by atoms with E-state index in [4.69, 9.17) is 10.3 Å². The first-order valence-electron chi connectivity index (χ1n) is 5.40. The zero-order valence-electron chi connectivity index (χ0n) is 10.1. The highest BCUT2D eigenvalue weighted by molar-refractivity contribution is 5.66. The van der Waals surface area contributed by atoms with Crippen LogP contribution in [0.25, 0.3) is 11.3 Å². The molecular weight excluding hydrogens is 219 g/mol. The maximum Gasteiger partial charge on any atom is 0.222 e. The van der Waals surface area contributed by atoms with Crippen LogP contribution in [0.15, 0.2) is 28.8 Å². The fourth-order valence-electron chi connectivity index (χ4n) is 1.68. The summed E-state index contributed by atoms with van der Waals surface area (Å²) in [5.74, 6) is 0.254. The number of aromatic nitrogens is 1. The van der Waals surface area contributed by atoms with Crippen molar-refractivity contribution in [2.45, 2.75) is 26.4 Å². The second kappa shape index (κ2) is 3.87. The summed E-state index contributed by atoms with van der Waals surface area (Å²) < 4.78 is 18.7. The molecule has 0 unspecified atom stereocenters. The van der Waals surface area contributed by atoms with Gasteiger partial charge in [-0.05, 0) is 38.0 Å². The smallest absolute Gasteiger partial charge is 0.222 e.